The molecular weight excluding hydrogens is 318 g/mol. The zero-order valence-corrected chi connectivity index (χ0v) is 14.9. The highest BCUT2D eigenvalue weighted by Crippen LogP contribution is 2.28. The number of methoxy groups -OCH3 is 1. The molecule has 0 saturated heterocycles. The van der Waals surface area contributed by atoms with Crippen molar-refractivity contribution in [3.63, 3.8) is 0 Å². The van der Waals surface area contributed by atoms with E-state index in [1.54, 1.807) is 18.2 Å². The Morgan fingerprint density at radius 2 is 1.76 bits per heavy atom. The van der Waals surface area contributed by atoms with Crippen molar-refractivity contribution < 1.29 is 14.3 Å². The molecular formula is C19H23N3O3. The molecule has 0 aromatic heterocycles. The first-order valence-corrected chi connectivity index (χ1v) is 7.95. The number of rotatable bonds is 6. The molecule has 2 aromatic carbocycles. The SMILES string of the molecule is COc1ccc(NC(C)=O)cc1NC(=O)CNc1cc(C)ccc1C. The van der Waals surface area contributed by atoms with Crippen molar-refractivity contribution in [1.29, 1.82) is 0 Å². The van der Waals surface area contributed by atoms with Gasteiger partial charge < -0.3 is 20.7 Å². The van der Waals surface area contributed by atoms with E-state index in [1.165, 1.54) is 14.0 Å². The fourth-order valence-corrected chi connectivity index (χ4v) is 2.38. The average molecular weight is 341 g/mol. The van der Waals surface area contributed by atoms with E-state index in [2.05, 4.69) is 16.0 Å². The van der Waals surface area contributed by atoms with E-state index in [-0.39, 0.29) is 18.4 Å². The minimum absolute atomic E-state index is 0.123. The van der Waals surface area contributed by atoms with Crippen LogP contribution in [0, 0.1) is 13.8 Å². The topological polar surface area (TPSA) is 79.5 Å². The summed E-state index contributed by atoms with van der Waals surface area (Å²) in [6.45, 7) is 5.54. The lowest BCUT2D eigenvalue weighted by Crippen LogP contribution is -2.22. The Balaban J connectivity index is 2.06. The highest BCUT2D eigenvalue weighted by Gasteiger charge is 2.10. The number of carbonyl (C=O) groups excluding carboxylic acids is 2. The van der Waals surface area contributed by atoms with Gasteiger partial charge in [0.2, 0.25) is 11.8 Å². The molecule has 2 aromatic rings. The second-order valence-corrected chi connectivity index (χ2v) is 5.82. The molecule has 0 atom stereocenters. The van der Waals surface area contributed by atoms with Gasteiger partial charge in [-0.1, -0.05) is 12.1 Å². The fraction of sp³-hybridized carbons (Fsp3) is 0.263. The van der Waals surface area contributed by atoms with Crippen LogP contribution in [0.15, 0.2) is 36.4 Å². The van der Waals surface area contributed by atoms with Crippen molar-refractivity contribution >= 4 is 28.9 Å². The van der Waals surface area contributed by atoms with Gasteiger partial charge in [0, 0.05) is 18.3 Å². The maximum atomic E-state index is 12.3. The summed E-state index contributed by atoms with van der Waals surface area (Å²) in [6.07, 6.45) is 0. The predicted octanol–water partition coefficient (Wildman–Crippen LogP) is 3.32. The zero-order chi connectivity index (χ0) is 18.4. The third-order valence-electron chi connectivity index (χ3n) is 3.63. The number of benzene rings is 2. The molecule has 0 aliphatic rings. The summed E-state index contributed by atoms with van der Waals surface area (Å²) in [6, 6.07) is 11.1. The van der Waals surface area contributed by atoms with Crippen LogP contribution in [0.2, 0.25) is 0 Å². The zero-order valence-electron chi connectivity index (χ0n) is 14.9. The fourth-order valence-electron chi connectivity index (χ4n) is 2.38. The molecule has 0 bridgehead atoms. The first kappa shape index (κ1) is 18.3. The van der Waals surface area contributed by atoms with Crippen LogP contribution >= 0.6 is 0 Å². The summed E-state index contributed by atoms with van der Waals surface area (Å²) < 4.78 is 5.26. The van der Waals surface area contributed by atoms with Gasteiger partial charge in [-0.05, 0) is 49.2 Å². The first-order valence-electron chi connectivity index (χ1n) is 7.95. The van der Waals surface area contributed by atoms with Crippen molar-refractivity contribution in [2.75, 3.05) is 29.6 Å². The molecule has 2 rings (SSSR count). The van der Waals surface area contributed by atoms with Gasteiger partial charge in [0.25, 0.3) is 0 Å². The van der Waals surface area contributed by atoms with Gasteiger partial charge in [0.05, 0.1) is 19.3 Å². The minimum atomic E-state index is -0.209. The van der Waals surface area contributed by atoms with E-state index in [4.69, 9.17) is 4.74 Å². The van der Waals surface area contributed by atoms with E-state index < -0.39 is 0 Å². The molecule has 0 saturated carbocycles. The molecule has 6 nitrogen and oxygen atoms in total. The summed E-state index contributed by atoms with van der Waals surface area (Å²) in [4.78, 5) is 23.4. The Labute approximate surface area is 147 Å². The average Bonchev–Trinajstić information content (AvgIpc) is 2.55. The summed E-state index contributed by atoms with van der Waals surface area (Å²) in [7, 11) is 1.53. The van der Waals surface area contributed by atoms with Crippen molar-refractivity contribution in [2.45, 2.75) is 20.8 Å². The second kappa shape index (κ2) is 8.19. The van der Waals surface area contributed by atoms with Crippen LogP contribution in [0.3, 0.4) is 0 Å². The standard InChI is InChI=1S/C19H23N3O3/c1-12-5-6-13(2)16(9-12)20-11-19(24)22-17-10-15(21-14(3)23)7-8-18(17)25-4/h5-10,20H,11H2,1-4H3,(H,21,23)(H,22,24). The third kappa shape index (κ3) is 5.24. The lowest BCUT2D eigenvalue weighted by Gasteiger charge is -2.14. The molecule has 0 fully saturated rings. The van der Waals surface area contributed by atoms with Crippen LogP contribution in [-0.2, 0) is 9.59 Å². The molecule has 0 radical (unpaired) electrons. The molecule has 132 valence electrons. The summed E-state index contributed by atoms with van der Waals surface area (Å²) >= 11 is 0. The van der Waals surface area contributed by atoms with E-state index in [9.17, 15) is 9.59 Å². The van der Waals surface area contributed by atoms with E-state index in [0.717, 1.165) is 16.8 Å². The van der Waals surface area contributed by atoms with Gasteiger partial charge in [0.1, 0.15) is 5.75 Å². The molecule has 6 heteroatoms. The maximum absolute atomic E-state index is 12.3. The Morgan fingerprint density at radius 3 is 2.44 bits per heavy atom. The van der Waals surface area contributed by atoms with Crippen molar-refractivity contribution in [2.24, 2.45) is 0 Å². The number of hydrogen-bond acceptors (Lipinski definition) is 4. The Bertz CT molecular complexity index is 787. The highest BCUT2D eigenvalue weighted by atomic mass is 16.5. The minimum Gasteiger partial charge on any atom is -0.495 e. The molecule has 0 spiro atoms. The van der Waals surface area contributed by atoms with Crippen LogP contribution in [-0.4, -0.2) is 25.5 Å². The molecule has 2 amide bonds. The van der Waals surface area contributed by atoms with Crippen LogP contribution in [0.25, 0.3) is 0 Å². The van der Waals surface area contributed by atoms with Gasteiger partial charge in [-0.2, -0.15) is 0 Å². The van der Waals surface area contributed by atoms with Crippen molar-refractivity contribution in [1.82, 2.24) is 0 Å². The smallest absolute Gasteiger partial charge is 0.243 e. The van der Waals surface area contributed by atoms with Crippen LogP contribution in [0.4, 0.5) is 17.1 Å². The number of aryl methyl sites for hydroxylation is 2. The summed E-state index contributed by atoms with van der Waals surface area (Å²) in [5, 5.41) is 8.62. The molecule has 0 heterocycles. The number of anilines is 3. The van der Waals surface area contributed by atoms with Crippen molar-refractivity contribution in [3.8, 4) is 5.75 Å². The van der Waals surface area contributed by atoms with E-state index in [0.29, 0.717) is 17.1 Å². The van der Waals surface area contributed by atoms with E-state index in [1.807, 2.05) is 32.0 Å². The largest absolute Gasteiger partial charge is 0.495 e. The van der Waals surface area contributed by atoms with Crippen LogP contribution in [0.5, 0.6) is 5.75 Å². The molecule has 0 aliphatic carbocycles. The van der Waals surface area contributed by atoms with Gasteiger partial charge in [-0.3, -0.25) is 9.59 Å². The molecule has 0 unspecified atom stereocenters. The van der Waals surface area contributed by atoms with E-state index >= 15 is 0 Å². The Kier molecular flexibility index (Phi) is 6.00. The summed E-state index contributed by atoms with van der Waals surface area (Å²) in [5.41, 5.74) is 4.21. The van der Waals surface area contributed by atoms with Gasteiger partial charge in [0.15, 0.2) is 0 Å². The Morgan fingerprint density at radius 1 is 1.00 bits per heavy atom. The van der Waals surface area contributed by atoms with Crippen molar-refractivity contribution in [3.05, 3.63) is 47.5 Å². The lowest BCUT2D eigenvalue weighted by molar-refractivity contribution is -0.115. The van der Waals surface area contributed by atoms with Gasteiger partial charge in [-0.15, -0.1) is 0 Å². The highest BCUT2D eigenvalue weighted by molar-refractivity contribution is 5.97. The monoisotopic (exact) mass is 341 g/mol. The lowest BCUT2D eigenvalue weighted by atomic mass is 10.1. The number of hydrogen-bond donors (Lipinski definition) is 3. The molecule has 0 aliphatic heterocycles. The first-order chi connectivity index (χ1) is 11.9. The summed E-state index contributed by atoms with van der Waals surface area (Å²) in [5.74, 6) is 0.132. The third-order valence-corrected chi connectivity index (χ3v) is 3.63. The van der Waals surface area contributed by atoms with Crippen LogP contribution < -0.4 is 20.7 Å². The quantitative estimate of drug-likeness (QED) is 0.753. The normalized spacial score (nSPS) is 10.1. The van der Waals surface area contributed by atoms with Gasteiger partial charge in [-0.25, -0.2) is 0 Å². The number of carbonyl (C=O) groups is 2. The molecule has 3 N–H and O–H groups in total. The maximum Gasteiger partial charge on any atom is 0.243 e. The number of ether oxygens (including phenoxy) is 1. The number of amides is 2. The second-order valence-electron chi connectivity index (χ2n) is 5.82. The van der Waals surface area contributed by atoms with Crippen LogP contribution in [0.1, 0.15) is 18.1 Å². The predicted molar refractivity (Wildman–Crippen MR) is 100 cm³/mol. The number of nitrogens with one attached hydrogen (secondary N) is 3. The van der Waals surface area contributed by atoms with Gasteiger partial charge >= 0.3 is 0 Å². The molecule has 25 heavy (non-hydrogen) atoms. The Hall–Kier alpha value is -3.02.